The minimum absolute atomic E-state index is 0.00709. The second-order valence-electron chi connectivity index (χ2n) is 4.64. The summed E-state index contributed by atoms with van der Waals surface area (Å²) in [4.78, 5) is 11.7. The van der Waals surface area contributed by atoms with Crippen molar-refractivity contribution in [2.75, 3.05) is 19.8 Å². The van der Waals surface area contributed by atoms with Gasteiger partial charge in [0.05, 0.1) is 12.2 Å². The third-order valence-electron chi connectivity index (χ3n) is 3.14. The Kier molecular flexibility index (Phi) is 4.31. The molecular weight excluding hydrogens is 235 g/mol. The Morgan fingerprint density at radius 3 is 2.83 bits per heavy atom. The van der Waals surface area contributed by atoms with Gasteiger partial charge in [0.25, 0.3) is 0 Å². The van der Waals surface area contributed by atoms with Crippen molar-refractivity contribution in [3.63, 3.8) is 0 Å². The summed E-state index contributed by atoms with van der Waals surface area (Å²) in [5.74, 6) is -0.776. The third-order valence-corrected chi connectivity index (χ3v) is 3.14. The summed E-state index contributed by atoms with van der Waals surface area (Å²) in [6.45, 7) is 3.54. The molecule has 18 heavy (non-hydrogen) atoms. The molecule has 1 aromatic rings. The van der Waals surface area contributed by atoms with Gasteiger partial charge in [-0.25, -0.2) is 9.18 Å². The molecule has 1 saturated heterocycles. The number of rotatable bonds is 3. The highest BCUT2D eigenvalue weighted by molar-refractivity contribution is 5.89. The molecule has 0 bridgehead atoms. The number of carbonyl (C=O) groups is 1. The van der Waals surface area contributed by atoms with Gasteiger partial charge in [-0.3, -0.25) is 0 Å². The minimum Gasteiger partial charge on any atom is -0.462 e. The van der Waals surface area contributed by atoms with Gasteiger partial charge in [0.1, 0.15) is 5.82 Å². The van der Waals surface area contributed by atoms with Gasteiger partial charge in [0, 0.05) is 13.2 Å². The lowest BCUT2D eigenvalue weighted by Gasteiger charge is -2.21. The van der Waals surface area contributed by atoms with Gasteiger partial charge in [-0.1, -0.05) is 6.07 Å². The SMILES string of the molecule is Cc1ccc(C(=O)OCC2CCOCC2)c(F)c1. The topological polar surface area (TPSA) is 35.5 Å². The van der Waals surface area contributed by atoms with E-state index in [2.05, 4.69) is 0 Å². The van der Waals surface area contributed by atoms with Crippen molar-refractivity contribution in [2.45, 2.75) is 19.8 Å². The molecule has 0 aromatic heterocycles. The van der Waals surface area contributed by atoms with Crippen molar-refractivity contribution in [3.05, 3.63) is 35.1 Å². The quantitative estimate of drug-likeness (QED) is 0.776. The van der Waals surface area contributed by atoms with Gasteiger partial charge in [-0.2, -0.15) is 0 Å². The molecule has 3 nitrogen and oxygen atoms in total. The maximum atomic E-state index is 13.5. The van der Waals surface area contributed by atoms with Crippen LogP contribution in [0.4, 0.5) is 4.39 Å². The molecule has 1 aliphatic heterocycles. The normalized spacial score (nSPS) is 16.6. The van der Waals surface area contributed by atoms with E-state index in [-0.39, 0.29) is 5.56 Å². The van der Waals surface area contributed by atoms with Crippen LogP contribution >= 0.6 is 0 Å². The van der Waals surface area contributed by atoms with Crippen molar-refractivity contribution >= 4 is 5.97 Å². The van der Waals surface area contributed by atoms with Gasteiger partial charge in [-0.15, -0.1) is 0 Å². The van der Waals surface area contributed by atoms with Crippen molar-refractivity contribution < 1.29 is 18.7 Å². The Bertz CT molecular complexity index is 425. The fraction of sp³-hybridized carbons (Fsp3) is 0.500. The van der Waals surface area contributed by atoms with Crippen molar-refractivity contribution in [3.8, 4) is 0 Å². The van der Waals surface area contributed by atoms with Gasteiger partial charge < -0.3 is 9.47 Å². The first-order chi connectivity index (χ1) is 8.66. The summed E-state index contributed by atoms with van der Waals surface area (Å²) in [6.07, 6.45) is 1.79. The highest BCUT2D eigenvalue weighted by atomic mass is 19.1. The average molecular weight is 252 g/mol. The third kappa shape index (κ3) is 3.29. The first kappa shape index (κ1) is 13.0. The summed E-state index contributed by atoms with van der Waals surface area (Å²) in [5, 5.41) is 0. The van der Waals surface area contributed by atoms with Crippen LogP contribution in [0.25, 0.3) is 0 Å². The summed E-state index contributed by atoms with van der Waals surface area (Å²) >= 11 is 0. The molecule has 0 spiro atoms. The van der Waals surface area contributed by atoms with Gasteiger partial charge in [0.15, 0.2) is 0 Å². The highest BCUT2D eigenvalue weighted by Crippen LogP contribution is 2.16. The van der Waals surface area contributed by atoms with E-state index in [4.69, 9.17) is 9.47 Å². The molecule has 1 aromatic carbocycles. The smallest absolute Gasteiger partial charge is 0.341 e. The molecule has 0 aliphatic carbocycles. The molecule has 1 heterocycles. The molecule has 1 aliphatic rings. The average Bonchev–Trinajstić information content (AvgIpc) is 2.37. The molecule has 0 atom stereocenters. The molecule has 2 rings (SSSR count). The largest absolute Gasteiger partial charge is 0.462 e. The fourth-order valence-corrected chi connectivity index (χ4v) is 1.97. The van der Waals surface area contributed by atoms with Crippen LogP contribution in [0.2, 0.25) is 0 Å². The van der Waals surface area contributed by atoms with Crippen LogP contribution in [0.1, 0.15) is 28.8 Å². The second-order valence-corrected chi connectivity index (χ2v) is 4.64. The predicted molar refractivity (Wildman–Crippen MR) is 65.0 cm³/mol. The molecule has 4 heteroatoms. The molecule has 0 radical (unpaired) electrons. The van der Waals surface area contributed by atoms with E-state index < -0.39 is 11.8 Å². The van der Waals surface area contributed by atoms with Gasteiger partial charge in [0.2, 0.25) is 0 Å². The van der Waals surface area contributed by atoms with E-state index in [0.29, 0.717) is 25.7 Å². The van der Waals surface area contributed by atoms with Crippen LogP contribution in [-0.4, -0.2) is 25.8 Å². The van der Waals surface area contributed by atoms with Crippen LogP contribution in [0.3, 0.4) is 0 Å². The van der Waals surface area contributed by atoms with E-state index in [1.807, 2.05) is 0 Å². The number of hydrogen-bond donors (Lipinski definition) is 0. The zero-order valence-electron chi connectivity index (χ0n) is 10.4. The Labute approximate surface area is 106 Å². The van der Waals surface area contributed by atoms with Gasteiger partial charge >= 0.3 is 5.97 Å². The number of halogens is 1. The molecule has 0 unspecified atom stereocenters. The van der Waals surface area contributed by atoms with E-state index in [9.17, 15) is 9.18 Å². The number of ether oxygens (including phenoxy) is 2. The standard InChI is InChI=1S/C14H17FO3/c1-10-2-3-12(13(15)8-10)14(16)18-9-11-4-6-17-7-5-11/h2-3,8,11H,4-7,9H2,1H3. The number of aryl methyl sites for hydroxylation is 1. The van der Waals surface area contributed by atoms with Crippen LogP contribution in [0.5, 0.6) is 0 Å². The molecule has 0 amide bonds. The first-order valence-corrected chi connectivity index (χ1v) is 6.18. The van der Waals surface area contributed by atoms with Crippen molar-refractivity contribution in [1.82, 2.24) is 0 Å². The number of hydrogen-bond acceptors (Lipinski definition) is 3. The van der Waals surface area contributed by atoms with Crippen LogP contribution in [0.15, 0.2) is 18.2 Å². The van der Waals surface area contributed by atoms with Gasteiger partial charge in [-0.05, 0) is 43.4 Å². The molecule has 0 N–H and O–H groups in total. The zero-order valence-corrected chi connectivity index (χ0v) is 10.4. The van der Waals surface area contributed by atoms with Crippen LogP contribution in [0, 0.1) is 18.7 Å². The molecular formula is C14H17FO3. The lowest BCUT2D eigenvalue weighted by Crippen LogP contribution is -2.22. The fourth-order valence-electron chi connectivity index (χ4n) is 1.97. The van der Waals surface area contributed by atoms with E-state index in [1.54, 1.807) is 13.0 Å². The first-order valence-electron chi connectivity index (χ1n) is 6.18. The molecule has 98 valence electrons. The Balaban J connectivity index is 1.90. The van der Waals surface area contributed by atoms with E-state index in [0.717, 1.165) is 18.4 Å². The number of carbonyl (C=O) groups excluding carboxylic acids is 1. The highest BCUT2D eigenvalue weighted by Gasteiger charge is 2.18. The Morgan fingerprint density at radius 2 is 2.17 bits per heavy atom. The molecule has 0 saturated carbocycles. The minimum atomic E-state index is -0.584. The lowest BCUT2D eigenvalue weighted by atomic mass is 10.0. The summed E-state index contributed by atoms with van der Waals surface area (Å²) < 4.78 is 23.9. The summed E-state index contributed by atoms with van der Waals surface area (Å²) in [6, 6.07) is 4.51. The second kappa shape index (κ2) is 5.96. The van der Waals surface area contributed by atoms with Crippen LogP contribution < -0.4 is 0 Å². The summed E-state index contributed by atoms with van der Waals surface area (Å²) in [5.41, 5.74) is 0.793. The number of benzene rings is 1. The summed E-state index contributed by atoms with van der Waals surface area (Å²) in [7, 11) is 0. The Morgan fingerprint density at radius 1 is 1.44 bits per heavy atom. The van der Waals surface area contributed by atoms with Crippen molar-refractivity contribution in [2.24, 2.45) is 5.92 Å². The van der Waals surface area contributed by atoms with Crippen LogP contribution in [-0.2, 0) is 9.47 Å². The molecule has 1 fully saturated rings. The van der Waals surface area contributed by atoms with E-state index in [1.165, 1.54) is 12.1 Å². The van der Waals surface area contributed by atoms with E-state index >= 15 is 0 Å². The monoisotopic (exact) mass is 252 g/mol. The maximum absolute atomic E-state index is 13.5. The van der Waals surface area contributed by atoms with Crippen molar-refractivity contribution in [1.29, 1.82) is 0 Å². The Hall–Kier alpha value is -1.42. The maximum Gasteiger partial charge on any atom is 0.341 e. The number of esters is 1. The lowest BCUT2D eigenvalue weighted by molar-refractivity contribution is 0.0182. The zero-order chi connectivity index (χ0) is 13.0. The predicted octanol–water partition coefficient (Wildman–Crippen LogP) is 2.72.